The Morgan fingerprint density at radius 2 is 2.21 bits per heavy atom. The second-order valence-corrected chi connectivity index (χ2v) is 11.3. The summed E-state index contributed by atoms with van der Waals surface area (Å²) < 4.78 is 6.00. The summed E-state index contributed by atoms with van der Waals surface area (Å²) >= 11 is 2.50. The number of β-lactam (4-membered cyclic amide) rings is 1. The van der Waals surface area contributed by atoms with Crippen molar-refractivity contribution < 1.29 is 33.2 Å². The van der Waals surface area contributed by atoms with E-state index in [1.165, 1.54) is 30.2 Å². The van der Waals surface area contributed by atoms with Gasteiger partial charge in [0, 0.05) is 11.1 Å². The van der Waals surface area contributed by atoms with E-state index < -0.39 is 29.2 Å². The van der Waals surface area contributed by atoms with Crippen LogP contribution in [0.5, 0.6) is 0 Å². The Hall–Kier alpha value is -3.69. The molecule has 0 unspecified atom stereocenters. The van der Waals surface area contributed by atoms with Gasteiger partial charge in [-0.15, -0.1) is 23.1 Å². The molecule has 0 saturated carbocycles. The second kappa shape index (κ2) is 11.0. The summed E-state index contributed by atoms with van der Waals surface area (Å²) in [5.41, 5.74) is 7.00. The summed E-state index contributed by atoms with van der Waals surface area (Å²) in [6.45, 7) is 3.10. The number of likely N-dealkylation sites (N-methyl/N-ethyl adjacent to an activating group) is 1. The molecule has 0 aromatic carbocycles. The number of thioether (sulfide) groups is 1. The standard InChI is InChI=1S/C23H27N7O6S2/c1-12-15(36-11-25-12)8-30(2,3)7-5-6-13-9-37-21-17(20(32)29(21)18(13)22(33)34)27-19(31)16(28-35-4)14-10-38-23(24)26-14/h5-6,10-11,17,21H,7-9H2,1-4H3,(H3-,24,26,27,31,33,34)/p+1/b6-5+,28-16-/t17-,21-/m1/s1. The number of aliphatic carboxylic acids is 1. The maximum absolute atomic E-state index is 13.0. The van der Waals surface area contributed by atoms with Crippen molar-refractivity contribution in [1.82, 2.24) is 20.2 Å². The van der Waals surface area contributed by atoms with Gasteiger partial charge in [0.2, 0.25) is 0 Å². The number of carbonyl (C=O) groups excluding carboxylic acids is 2. The molecule has 4 N–H and O–H groups in total. The zero-order valence-corrected chi connectivity index (χ0v) is 22.8. The van der Waals surface area contributed by atoms with Gasteiger partial charge < -0.3 is 29.9 Å². The van der Waals surface area contributed by atoms with E-state index in [2.05, 4.69) is 20.4 Å². The normalized spacial score (nSPS) is 19.9. The molecule has 2 aliphatic heterocycles. The number of nitrogens with two attached hydrogens (primary N) is 1. The monoisotopic (exact) mass is 562 g/mol. The molecule has 15 heteroatoms. The fourth-order valence-electron chi connectivity index (χ4n) is 4.08. The summed E-state index contributed by atoms with van der Waals surface area (Å²) in [6.07, 6.45) is 5.05. The number of aryl methyl sites for hydroxylation is 1. The van der Waals surface area contributed by atoms with Crippen molar-refractivity contribution in [3.05, 3.63) is 52.3 Å². The van der Waals surface area contributed by atoms with Crippen LogP contribution >= 0.6 is 23.1 Å². The van der Waals surface area contributed by atoms with Crippen LogP contribution in [0.1, 0.15) is 17.1 Å². The highest BCUT2D eigenvalue weighted by molar-refractivity contribution is 8.00. The number of nitrogens with one attached hydrogen (secondary N) is 1. The number of hydrogen-bond donors (Lipinski definition) is 3. The van der Waals surface area contributed by atoms with Gasteiger partial charge in [0.05, 0.1) is 26.3 Å². The van der Waals surface area contributed by atoms with Gasteiger partial charge in [-0.3, -0.25) is 14.5 Å². The number of fused-ring (bicyclic) bond motifs is 1. The fraction of sp³-hybridized carbons (Fsp3) is 0.391. The summed E-state index contributed by atoms with van der Waals surface area (Å²) in [4.78, 5) is 52.2. The first-order chi connectivity index (χ1) is 18.0. The number of thiazole rings is 1. The molecule has 38 heavy (non-hydrogen) atoms. The van der Waals surface area contributed by atoms with Crippen molar-refractivity contribution in [3.8, 4) is 0 Å². The third-order valence-corrected chi connectivity index (χ3v) is 7.96. The smallest absolute Gasteiger partial charge is 0.352 e. The molecule has 2 atom stereocenters. The zero-order chi connectivity index (χ0) is 27.6. The minimum Gasteiger partial charge on any atom is -0.477 e. The topological polar surface area (TPSA) is 173 Å². The highest BCUT2D eigenvalue weighted by atomic mass is 32.2. The maximum atomic E-state index is 13.0. The van der Waals surface area contributed by atoms with Crippen molar-refractivity contribution in [2.75, 3.05) is 39.2 Å². The number of carboxylic acids is 1. The van der Waals surface area contributed by atoms with Crippen LogP contribution in [0, 0.1) is 6.92 Å². The van der Waals surface area contributed by atoms with Gasteiger partial charge in [0.25, 0.3) is 11.8 Å². The zero-order valence-electron chi connectivity index (χ0n) is 21.2. The quantitative estimate of drug-likeness (QED) is 0.164. The van der Waals surface area contributed by atoms with Crippen LogP contribution in [-0.2, 0) is 25.8 Å². The molecule has 0 bridgehead atoms. The van der Waals surface area contributed by atoms with E-state index >= 15 is 0 Å². The lowest BCUT2D eigenvalue weighted by Crippen LogP contribution is -2.71. The number of aromatic nitrogens is 2. The lowest BCUT2D eigenvalue weighted by molar-refractivity contribution is -0.898. The first kappa shape index (κ1) is 27.3. The van der Waals surface area contributed by atoms with Gasteiger partial charge in [-0.25, -0.2) is 14.8 Å². The Balaban J connectivity index is 1.46. The SMILES string of the molecule is CO/N=C(\C(=O)N[C@@H]1C(=O)N2C(C(=O)O)=C(/C=C/C[N+](C)(C)Cc3ocnc3C)CS[C@H]12)c1csc(N)n1. The van der Waals surface area contributed by atoms with E-state index in [-0.39, 0.29) is 22.2 Å². The van der Waals surface area contributed by atoms with Gasteiger partial charge in [0.1, 0.15) is 36.5 Å². The number of allylic oxidation sites excluding steroid dienone is 1. The number of rotatable bonds is 10. The molecule has 0 spiro atoms. The van der Waals surface area contributed by atoms with E-state index in [9.17, 15) is 19.5 Å². The van der Waals surface area contributed by atoms with Crippen molar-refractivity contribution in [3.63, 3.8) is 0 Å². The lowest BCUT2D eigenvalue weighted by atomic mass is 10.0. The molecule has 1 fully saturated rings. The molecule has 2 amide bonds. The Labute approximate surface area is 226 Å². The van der Waals surface area contributed by atoms with Crippen LogP contribution in [0.25, 0.3) is 0 Å². The number of oxime groups is 1. The van der Waals surface area contributed by atoms with E-state index in [4.69, 9.17) is 15.0 Å². The molecule has 2 aromatic rings. The minimum absolute atomic E-state index is 0.0880. The Kier molecular flexibility index (Phi) is 7.89. The third kappa shape index (κ3) is 5.58. The molecule has 4 rings (SSSR count). The van der Waals surface area contributed by atoms with Crippen LogP contribution < -0.4 is 11.1 Å². The van der Waals surface area contributed by atoms with Gasteiger partial charge in [0.15, 0.2) is 23.0 Å². The molecule has 4 heterocycles. The second-order valence-electron chi connectivity index (χ2n) is 9.27. The summed E-state index contributed by atoms with van der Waals surface area (Å²) in [7, 11) is 5.33. The van der Waals surface area contributed by atoms with Crippen LogP contribution in [0.4, 0.5) is 5.13 Å². The molecule has 13 nitrogen and oxygen atoms in total. The molecular formula is C23H28N7O6S2+. The number of carboxylic acid groups (broad SMARTS) is 1. The van der Waals surface area contributed by atoms with E-state index in [1.807, 2.05) is 27.1 Å². The average Bonchev–Trinajstić information content (AvgIpc) is 3.47. The number of anilines is 1. The van der Waals surface area contributed by atoms with Crippen molar-refractivity contribution in [1.29, 1.82) is 0 Å². The molecule has 0 aliphatic carbocycles. The van der Waals surface area contributed by atoms with E-state index in [0.717, 1.165) is 22.8 Å². The van der Waals surface area contributed by atoms with E-state index in [0.29, 0.717) is 28.9 Å². The van der Waals surface area contributed by atoms with Gasteiger partial charge in [-0.2, -0.15) is 0 Å². The Bertz CT molecular complexity index is 1350. The molecule has 2 aromatic heterocycles. The number of carbonyl (C=O) groups is 3. The van der Waals surface area contributed by atoms with Crippen LogP contribution in [0.15, 0.2) is 44.8 Å². The van der Waals surface area contributed by atoms with Crippen molar-refractivity contribution in [2.24, 2.45) is 5.16 Å². The summed E-state index contributed by atoms with van der Waals surface area (Å²) in [5.74, 6) is -1.26. The molecule has 202 valence electrons. The Morgan fingerprint density at radius 3 is 2.82 bits per heavy atom. The highest BCUT2D eigenvalue weighted by Gasteiger charge is 2.54. The Morgan fingerprint density at radius 1 is 1.45 bits per heavy atom. The predicted molar refractivity (Wildman–Crippen MR) is 141 cm³/mol. The molecule has 0 radical (unpaired) electrons. The fourth-order valence-corrected chi connectivity index (χ4v) is 5.95. The number of nitrogens with zero attached hydrogens (tertiary/aromatic N) is 5. The largest absolute Gasteiger partial charge is 0.477 e. The van der Waals surface area contributed by atoms with Crippen molar-refractivity contribution >= 4 is 51.7 Å². The number of quaternary nitrogens is 1. The van der Waals surface area contributed by atoms with Crippen molar-refractivity contribution in [2.45, 2.75) is 24.9 Å². The lowest BCUT2D eigenvalue weighted by Gasteiger charge is -2.49. The summed E-state index contributed by atoms with van der Waals surface area (Å²) in [6, 6.07) is -0.925. The van der Waals surface area contributed by atoms with Crippen LogP contribution in [0.2, 0.25) is 0 Å². The first-order valence-corrected chi connectivity index (χ1v) is 13.4. The van der Waals surface area contributed by atoms with E-state index in [1.54, 1.807) is 11.5 Å². The van der Waals surface area contributed by atoms with Gasteiger partial charge in [-0.1, -0.05) is 11.2 Å². The first-order valence-electron chi connectivity index (χ1n) is 11.4. The van der Waals surface area contributed by atoms with Crippen LogP contribution in [-0.4, -0.2) is 92.9 Å². The number of hydrogen-bond acceptors (Lipinski definition) is 11. The molecular weight excluding hydrogens is 534 g/mol. The number of oxazole rings is 1. The van der Waals surface area contributed by atoms with Gasteiger partial charge >= 0.3 is 5.97 Å². The summed E-state index contributed by atoms with van der Waals surface area (Å²) in [5, 5.41) is 17.5. The molecule has 1 saturated heterocycles. The minimum atomic E-state index is -1.21. The maximum Gasteiger partial charge on any atom is 0.352 e. The predicted octanol–water partition coefficient (Wildman–Crippen LogP) is 0.944. The average molecular weight is 563 g/mol. The molecule has 2 aliphatic rings. The van der Waals surface area contributed by atoms with Gasteiger partial charge in [-0.05, 0) is 18.6 Å². The third-order valence-electron chi connectivity index (χ3n) is 5.98. The number of nitrogen functional groups attached to an aromatic ring is 1. The van der Waals surface area contributed by atoms with Crippen LogP contribution in [0.3, 0.4) is 0 Å². The number of amides is 2. The highest BCUT2D eigenvalue weighted by Crippen LogP contribution is 2.40.